The number of nitrogens with zero attached hydrogens (tertiary/aromatic N) is 3. The summed E-state index contributed by atoms with van der Waals surface area (Å²) in [6, 6.07) is 4.59. The predicted molar refractivity (Wildman–Crippen MR) is 95.0 cm³/mol. The lowest BCUT2D eigenvalue weighted by Gasteiger charge is -2.20. The van der Waals surface area contributed by atoms with Crippen LogP contribution >= 0.6 is 0 Å². The summed E-state index contributed by atoms with van der Waals surface area (Å²) in [5, 5.41) is 10.4. The average Bonchev–Trinajstić information content (AvgIpc) is 3.29. The molecule has 1 aliphatic rings. The van der Waals surface area contributed by atoms with E-state index in [9.17, 15) is 8.78 Å². The summed E-state index contributed by atoms with van der Waals surface area (Å²) < 4.78 is 30.6. The number of aromatic amines is 1. The van der Waals surface area contributed by atoms with Crippen LogP contribution in [0, 0.1) is 11.6 Å². The summed E-state index contributed by atoms with van der Waals surface area (Å²) in [6.07, 6.45) is 7.13. The van der Waals surface area contributed by atoms with Crippen LogP contribution in [0.4, 0.5) is 8.78 Å². The third-order valence-corrected chi connectivity index (χ3v) is 5.12. The minimum atomic E-state index is -0.409. The van der Waals surface area contributed by atoms with Gasteiger partial charge >= 0.3 is 0 Å². The maximum absolute atomic E-state index is 14.7. The molecule has 4 heterocycles. The highest BCUT2D eigenvalue weighted by Gasteiger charge is 2.20. The van der Waals surface area contributed by atoms with Crippen molar-refractivity contribution < 1.29 is 8.78 Å². The van der Waals surface area contributed by atoms with Gasteiger partial charge in [0, 0.05) is 23.9 Å². The van der Waals surface area contributed by atoms with Crippen molar-refractivity contribution in [3.8, 4) is 11.1 Å². The van der Waals surface area contributed by atoms with Gasteiger partial charge in [0.25, 0.3) is 0 Å². The first-order valence-electron chi connectivity index (χ1n) is 8.71. The van der Waals surface area contributed by atoms with Crippen molar-refractivity contribution in [1.82, 2.24) is 24.9 Å². The van der Waals surface area contributed by atoms with E-state index in [1.54, 1.807) is 16.7 Å². The highest BCUT2D eigenvalue weighted by molar-refractivity contribution is 5.84. The Balaban J connectivity index is 1.61. The number of nitrogens with one attached hydrogen (secondary N) is 2. The number of aromatic nitrogens is 4. The molecule has 5 nitrogen and oxygen atoms in total. The molecule has 0 unspecified atom stereocenters. The van der Waals surface area contributed by atoms with Crippen molar-refractivity contribution in [1.29, 1.82) is 0 Å². The minimum absolute atomic E-state index is 0.311. The molecule has 132 valence electrons. The van der Waals surface area contributed by atoms with E-state index >= 15 is 0 Å². The number of hydrogen-bond donors (Lipinski definition) is 2. The fourth-order valence-electron chi connectivity index (χ4n) is 3.72. The zero-order chi connectivity index (χ0) is 17.7. The Morgan fingerprint density at radius 3 is 2.65 bits per heavy atom. The molecule has 0 saturated carbocycles. The molecule has 1 aromatic carbocycles. The SMILES string of the molecule is Fc1cc(-c2cc(F)c3nc(C4CCNCC4)cn3c2)cc2[nH]ncc12. The van der Waals surface area contributed by atoms with Gasteiger partial charge in [0.15, 0.2) is 11.5 Å². The van der Waals surface area contributed by atoms with Crippen molar-refractivity contribution in [2.24, 2.45) is 0 Å². The highest BCUT2D eigenvalue weighted by atomic mass is 19.1. The smallest absolute Gasteiger partial charge is 0.173 e. The zero-order valence-corrected chi connectivity index (χ0v) is 14.0. The van der Waals surface area contributed by atoms with E-state index in [-0.39, 0.29) is 5.82 Å². The quantitative estimate of drug-likeness (QED) is 0.579. The summed E-state index contributed by atoms with van der Waals surface area (Å²) in [6.45, 7) is 1.91. The lowest BCUT2D eigenvalue weighted by molar-refractivity contribution is 0.454. The Hall–Kier alpha value is -2.80. The van der Waals surface area contributed by atoms with E-state index < -0.39 is 5.82 Å². The van der Waals surface area contributed by atoms with Crippen LogP contribution in [0.1, 0.15) is 24.5 Å². The van der Waals surface area contributed by atoms with Crippen LogP contribution in [0.25, 0.3) is 27.7 Å². The van der Waals surface area contributed by atoms with Crippen molar-refractivity contribution >= 4 is 16.6 Å². The monoisotopic (exact) mass is 353 g/mol. The van der Waals surface area contributed by atoms with E-state index in [1.807, 2.05) is 6.20 Å². The fourth-order valence-corrected chi connectivity index (χ4v) is 3.72. The normalized spacial score (nSPS) is 15.9. The maximum atomic E-state index is 14.7. The van der Waals surface area contributed by atoms with Crippen molar-refractivity contribution in [3.05, 3.63) is 54.1 Å². The van der Waals surface area contributed by atoms with Crippen LogP contribution < -0.4 is 5.32 Å². The van der Waals surface area contributed by atoms with E-state index in [4.69, 9.17) is 0 Å². The standard InChI is InChI=1S/C19H17F2N5/c20-15-5-12(7-17-14(15)8-23-25-17)13-6-16(21)19-24-18(10-26(19)9-13)11-1-3-22-4-2-11/h5-11,22H,1-4H2,(H,23,25). The average molecular weight is 353 g/mol. The first-order valence-corrected chi connectivity index (χ1v) is 8.71. The molecular formula is C19H17F2N5. The molecule has 0 bridgehead atoms. The van der Waals surface area contributed by atoms with Gasteiger partial charge < -0.3 is 9.72 Å². The lowest BCUT2D eigenvalue weighted by Crippen LogP contribution is -2.26. The first-order chi connectivity index (χ1) is 12.7. The molecule has 26 heavy (non-hydrogen) atoms. The van der Waals surface area contributed by atoms with Crippen LogP contribution in [0.15, 0.2) is 36.8 Å². The number of hydrogen-bond acceptors (Lipinski definition) is 3. The molecule has 2 N–H and O–H groups in total. The molecule has 1 aliphatic heterocycles. The van der Waals surface area contributed by atoms with Gasteiger partial charge in [0.05, 0.1) is 22.8 Å². The number of piperidine rings is 1. The Morgan fingerprint density at radius 1 is 1.00 bits per heavy atom. The second-order valence-corrected chi connectivity index (χ2v) is 6.79. The third-order valence-electron chi connectivity index (χ3n) is 5.12. The summed E-state index contributed by atoms with van der Waals surface area (Å²) >= 11 is 0. The van der Waals surface area contributed by atoms with Gasteiger partial charge in [-0.3, -0.25) is 5.10 Å². The van der Waals surface area contributed by atoms with Gasteiger partial charge in [-0.25, -0.2) is 13.8 Å². The van der Waals surface area contributed by atoms with Gasteiger partial charge in [0.1, 0.15) is 5.82 Å². The van der Waals surface area contributed by atoms with Gasteiger partial charge in [-0.2, -0.15) is 5.10 Å². The van der Waals surface area contributed by atoms with E-state index in [0.29, 0.717) is 33.6 Å². The van der Waals surface area contributed by atoms with Gasteiger partial charge in [-0.15, -0.1) is 0 Å². The number of rotatable bonds is 2. The predicted octanol–water partition coefficient (Wildman–Crippen LogP) is 3.62. The molecule has 0 atom stereocenters. The van der Waals surface area contributed by atoms with Gasteiger partial charge in [0.2, 0.25) is 0 Å². The van der Waals surface area contributed by atoms with Crippen molar-refractivity contribution in [2.75, 3.05) is 13.1 Å². The number of halogens is 2. The third kappa shape index (κ3) is 2.47. The second kappa shape index (κ2) is 5.88. The van der Waals surface area contributed by atoms with E-state index in [0.717, 1.165) is 31.6 Å². The van der Waals surface area contributed by atoms with Crippen LogP contribution in [0.2, 0.25) is 0 Å². The van der Waals surface area contributed by atoms with Crippen molar-refractivity contribution in [2.45, 2.75) is 18.8 Å². The number of pyridine rings is 1. The zero-order valence-electron chi connectivity index (χ0n) is 14.0. The Bertz CT molecular complexity index is 1110. The number of H-pyrrole nitrogens is 1. The molecule has 0 amide bonds. The molecule has 1 fully saturated rings. The van der Waals surface area contributed by atoms with Gasteiger partial charge in [-0.1, -0.05) is 0 Å². The topological polar surface area (TPSA) is 58.0 Å². The minimum Gasteiger partial charge on any atom is -0.317 e. The summed E-state index contributed by atoms with van der Waals surface area (Å²) in [5.74, 6) is -0.446. The molecule has 7 heteroatoms. The van der Waals surface area contributed by atoms with Gasteiger partial charge in [-0.05, 0) is 49.7 Å². The highest BCUT2D eigenvalue weighted by Crippen LogP contribution is 2.29. The lowest BCUT2D eigenvalue weighted by atomic mass is 9.95. The molecule has 0 radical (unpaired) electrons. The van der Waals surface area contributed by atoms with Crippen LogP contribution in [0.3, 0.4) is 0 Å². The summed E-state index contributed by atoms with van der Waals surface area (Å²) in [4.78, 5) is 4.50. The molecule has 4 aromatic rings. The molecule has 1 saturated heterocycles. The number of imidazole rings is 1. The molecule has 0 aliphatic carbocycles. The summed E-state index contributed by atoms with van der Waals surface area (Å²) in [5.41, 5.74) is 3.00. The first kappa shape index (κ1) is 15.5. The second-order valence-electron chi connectivity index (χ2n) is 6.79. The van der Waals surface area contributed by atoms with Crippen LogP contribution in [-0.4, -0.2) is 32.7 Å². The maximum Gasteiger partial charge on any atom is 0.173 e. The van der Waals surface area contributed by atoms with Crippen molar-refractivity contribution in [3.63, 3.8) is 0 Å². The summed E-state index contributed by atoms with van der Waals surface area (Å²) in [7, 11) is 0. The Labute approximate surface area is 148 Å². The van der Waals surface area contributed by atoms with E-state index in [2.05, 4.69) is 20.5 Å². The largest absolute Gasteiger partial charge is 0.317 e. The molecule has 3 aromatic heterocycles. The Morgan fingerprint density at radius 2 is 1.81 bits per heavy atom. The molecular weight excluding hydrogens is 336 g/mol. The number of benzene rings is 1. The molecule has 0 spiro atoms. The van der Waals surface area contributed by atoms with Crippen LogP contribution in [-0.2, 0) is 0 Å². The number of fused-ring (bicyclic) bond motifs is 2. The van der Waals surface area contributed by atoms with Crippen LogP contribution in [0.5, 0.6) is 0 Å². The fraction of sp³-hybridized carbons (Fsp3) is 0.263. The van der Waals surface area contributed by atoms with E-state index in [1.165, 1.54) is 18.3 Å². The Kier molecular flexibility index (Phi) is 3.49. The molecule has 5 rings (SSSR count).